The molecule has 1 aromatic carbocycles. The van der Waals surface area contributed by atoms with E-state index in [9.17, 15) is 4.79 Å². The van der Waals surface area contributed by atoms with Crippen LogP contribution in [0, 0.1) is 17.3 Å². The van der Waals surface area contributed by atoms with Gasteiger partial charge in [-0.3, -0.25) is 0 Å². The lowest BCUT2D eigenvalue weighted by molar-refractivity contribution is -0.142. The molecule has 4 atom stereocenters. The average Bonchev–Trinajstić information content (AvgIpc) is 2.82. The van der Waals surface area contributed by atoms with E-state index in [1.807, 2.05) is 30.3 Å². The van der Waals surface area contributed by atoms with Gasteiger partial charge in [-0.15, -0.1) is 0 Å². The molecule has 0 bridgehead atoms. The van der Waals surface area contributed by atoms with E-state index in [0.717, 1.165) is 34.9 Å². The van der Waals surface area contributed by atoms with Gasteiger partial charge < -0.3 is 4.74 Å². The quantitative estimate of drug-likeness (QED) is 0.360. The van der Waals surface area contributed by atoms with Crippen molar-refractivity contribution in [1.82, 2.24) is 0 Å². The molecule has 2 aliphatic carbocycles. The van der Waals surface area contributed by atoms with Gasteiger partial charge in [0.2, 0.25) is 0 Å². The Bertz CT molecular complexity index is 718. The lowest BCUT2D eigenvalue weighted by atomic mass is 9.56. The highest BCUT2D eigenvalue weighted by Crippen LogP contribution is 2.56. The largest absolute Gasteiger partial charge is 0.458 e. The number of fused-ring (bicyclic) bond motifs is 2. The van der Waals surface area contributed by atoms with Crippen molar-refractivity contribution in [2.75, 3.05) is 0 Å². The van der Waals surface area contributed by atoms with E-state index >= 15 is 0 Å². The summed E-state index contributed by atoms with van der Waals surface area (Å²) >= 11 is 3.45. The minimum Gasteiger partial charge on any atom is -0.458 e. The first kappa shape index (κ1) is 16.1. The van der Waals surface area contributed by atoms with Crippen LogP contribution in [0.2, 0.25) is 0 Å². The molecule has 0 spiro atoms. The standard InChI is InChI=1S/C21H23BrO2/c1-13-4-3-9-21(2)12-19-16(11-18(13)21)17(20(23)24-19)10-14-5-7-15(22)8-6-14/h5-8,10,16,18-19H,1,3-4,9,11-12H2,2H3/b17-10+/t16-,18+,19-,21-/m1/s1. The molecule has 0 N–H and O–H groups in total. The van der Waals surface area contributed by atoms with E-state index in [0.29, 0.717) is 5.92 Å². The van der Waals surface area contributed by atoms with Crippen LogP contribution in [0.1, 0.15) is 44.6 Å². The van der Waals surface area contributed by atoms with E-state index in [2.05, 4.69) is 29.4 Å². The van der Waals surface area contributed by atoms with Crippen molar-refractivity contribution in [3.63, 3.8) is 0 Å². The van der Waals surface area contributed by atoms with Crippen molar-refractivity contribution in [2.45, 2.75) is 45.1 Å². The second-order valence-corrected chi connectivity index (χ2v) is 8.78. The number of benzene rings is 1. The molecule has 3 heteroatoms. The Labute approximate surface area is 152 Å². The Morgan fingerprint density at radius 2 is 2.08 bits per heavy atom. The first-order valence-electron chi connectivity index (χ1n) is 8.82. The Kier molecular flexibility index (Phi) is 3.95. The molecule has 24 heavy (non-hydrogen) atoms. The molecular weight excluding hydrogens is 364 g/mol. The first-order chi connectivity index (χ1) is 11.5. The van der Waals surface area contributed by atoms with Gasteiger partial charge in [0.05, 0.1) is 0 Å². The summed E-state index contributed by atoms with van der Waals surface area (Å²) in [5.74, 6) is 0.616. The molecule has 1 aliphatic heterocycles. The molecule has 4 rings (SSSR count). The molecule has 2 nitrogen and oxygen atoms in total. The summed E-state index contributed by atoms with van der Waals surface area (Å²) in [7, 11) is 0. The van der Waals surface area contributed by atoms with Crippen LogP contribution in [-0.4, -0.2) is 12.1 Å². The highest BCUT2D eigenvalue weighted by atomic mass is 79.9. The van der Waals surface area contributed by atoms with E-state index < -0.39 is 0 Å². The van der Waals surface area contributed by atoms with Crippen LogP contribution in [-0.2, 0) is 9.53 Å². The summed E-state index contributed by atoms with van der Waals surface area (Å²) in [5, 5.41) is 0. The first-order valence-corrected chi connectivity index (χ1v) is 9.61. The van der Waals surface area contributed by atoms with E-state index in [4.69, 9.17) is 4.74 Å². The van der Waals surface area contributed by atoms with Crippen LogP contribution >= 0.6 is 15.9 Å². The molecule has 1 aromatic rings. The van der Waals surface area contributed by atoms with Gasteiger partial charge in [-0.1, -0.05) is 47.1 Å². The second kappa shape index (κ2) is 5.87. The lowest BCUT2D eigenvalue weighted by Crippen LogP contribution is -2.43. The van der Waals surface area contributed by atoms with Crippen LogP contribution in [0.4, 0.5) is 0 Å². The maximum absolute atomic E-state index is 12.5. The molecule has 2 saturated carbocycles. The van der Waals surface area contributed by atoms with Gasteiger partial charge in [0.15, 0.2) is 0 Å². The smallest absolute Gasteiger partial charge is 0.334 e. The zero-order chi connectivity index (χ0) is 16.9. The highest BCUT2D eigenvalue weighted by Gasteiger charge is 2.53. The minimum absolute atomic E-state index is 0.0475. The van der Waals surface area contributed by atoms with Crippen molar-refractivity contribution < 1.29 is 9.53 Å². The predicted molar refractivity (Wildman–Crippen MR) is 99.3 cm³/mol. The molecular formula is C21H23BrO2. The number of esters is 1. The SMILES string of the molecule is C=C1CCC[C@]2(C)C[C@H]3OC(=O)/C(=C/c4ccc(Br)cc4)[C@H]3C[C@@H]12. The fraction of sp³-hybridized carbons (Fsp3) is 0.476. The molecule has 0 unspecified atom stereocenters. The summed E-state index contributed by atoms with van der Waals surface area (Å²) in [5.41, 5.74) is 3.54. The van der Waals surface area contributed by atoms with Crippen molar-refractivity contribution in [2.24, 2.45) is 17.3 Å². The zero-order valence-electron chi connectivity index (χ0n) is 14.1. The van der Waals surface area contributed by atoms with Gasteiger partial charge in [0, 0.05) is 16.0 Å². The number of carbonyl (C=O) groups is 1. The van der Waals surface area contributed by atoms with Gasteiger partial charge in [-0.2, -0.15) is 0 Å². The molecule has 0 aromatic heterocycles. The van der Waals surface area contributed by atoms with Crippen molar-refractivity contribution in [3.05, 3.63) is 52.0 Å². The molecule has 3 aliphatic rings. The topological polar surface area (TPSA) is 26.3 Å². The number of hydrogen-bond acceptors (Lipinski definition) is 2. The number of carbonyl (C=O) groups excluding carboxylic acids is 1. The third-order valence-electron chi connectivity index (χ3n) is 6.27. The lowest BCUT2D eigenvalue weighted by Gasteiger charge is -2.49. The van der Waals surface area contributed by atoms with Crippen LogP contribution in [0.25, 0.3) is 6.08 Å². The molecule has 0 amide bonds. The maximum atomic E-state index is 12.5. The summed E-state index contributed by atoms with van der Waals surface area (Å²) in [4.78, 5) is 12.5. The van der Waals surface area contributed by atoms with E-state index in [1.54, 1.807) is 0 Å². The third-order valence-corrected chi connectivity index (χ3v) is 6.80. The summed E-state index contributed by atoms with van der Waals surface area (Å²) in [6, 6.07) is 8.07. The van der Waals surface area contributed by atoms with Gasteiger partial charge in [-0.25, -0.2) is 4.79 Å². The zero-order valence-corrected chi connectivity index (χ0v) is 15.6. The van der Waals surface area contributed by atoms with Crippen LogP contribution in [0.15, 0.2) is 46.5 Å². The summed E-state index contributed by atoms with van der Waals surface area (Å²) in [6.07, 6.45) is 7.64. The van der Waals surface area contributed by atoms with Gasteiger partial charge in [-0.05, 0) is 67.2 Å². The average molecular weight is 387 g/mol. The highest BCUT2D eigenvalue weighted by molar-refractivity contribution is 9.10. The Morgan fingerprint density at radius 3 is 2.83 bits per heavy atom. The fourth-order valence-electron chi connectivity index (χ4n) is 4.98. The maximum Gasteiger partial charge on any atom is 0.334 e. The normalized spacial score (nSPS) is 37.1. The molecule has 1 saturated heterocycles. The van der Waals surface area contributed by atoms with Crippen LogP contribution in [0.3, 0.4) is 0 Å². The number of halogens is 1. The number of rotatable bonds is 1. The van der Waals surface area contributed by atoms with Crippen LogP contribution in [0.5, 0.6) is 0 Å². The molecule has 3 fully saturated rings. The van der Waals surface area contributed by atoms with Gasteiger partial charge >= 0.3 is 5.97 Å². The van der Waals surface area contributed by atoms with Gasteiger partial charge in [0.1, 0.15) is 6.10 Å². The van der Waals surface area contributed by atoms with E-state index in [-0.39, 0.29) is 23.4 Å². The van der Waals surface area contributed by atoms with Crippen molar-refractivity contribution in [3.8, 4) is 0 Å². The molecule has 0 radical (unpaired) electrons. The molecule has 126 valence electrons. The Hall–Kier alpha value is -1.35. The Balaban J connectivity index is 1.65. The third kappa shape index (κ3) is 2.67. The Morgan fingerprint density at radius 1 is 1.33 bits per heavy atom. The van der Waals surface area contributed by atoms with Crippen LogP contribution < -0.4 is 0 Å². The van der Waals surface area contributed by atoms with Crippen molar-refractivity contribution in [1.29, 1.82) is 0 Å². The van der Waals surface area contributed by atoms with Gasteiger partial charge in [0.25, 0.3) is 0 Å². The fourth-order valence-corrected chi connectivity index (χ4v) is 5.24. The number of ether oxygens (including phenoxy) is 1. The number of allylic oxidation sites excluding steroid dienone is 1. The summed E-state index contributed by atoms with van der Waals surface area (Å²) in [6.45, 7) is 6.71. The second-order valence-electron chi connectivity index (χ2n) is 7.86. The molecule has 1 heterocycles. The minimum atomic E-state index is -0.124. The monoisotopic (exact) mass is 386 g/mol. The number of hydrogen-bond donors (Lipinski definition) is 0. The predicted octanol–water partition coefficient (Wildman–Crippen LogP) is 5.53. The summed E-state index contributed by atoms with van der Waals surface area (Å²) < 4.78 is 6.82. The van der Waals surface area contributed by atoms with Crippen molar-refractivity contribution >= 4 is 28.0 Å². The van der Waals surface area contributed by atoms with E-state index in [1.165, 1.54) is 18.4 Å².